The molecule has 1 aliphatic carbocycles. The minimum absolute atomic E-state index is 0.289. The largest absolute Gasteiger partial charge is 0.338 e. The molecule has 2 rings (SSSR count). The average Bonchev–Trinajstić information content (AvgIpc) is 2.81. The zero-order chi connectivity index (χ0) is 12.3. The summed E-state index contributed by atoms with van der Waals surface area (Å²) in [5, 5.41) is 0. The van der Waals surface area contributed by atoms with Crippen LogP contribution in [0.15, 0.2) is 0 Å². The van der Waals surface area contributed by atoms with Gasteiger partial charge in [-0.25, -0.2) is 0 Å². The lowest BCUT2D eigenvalue weighted by molar-refractivity contribution is -0.137. The smallest absolute Gasteiger partial charge is 0.223 e. The Labute approximate surface area is 105 Å². The van der Waals surface area contributed by atoms with Crippen LogP contribution in [0, 0.1) is 11.8 Å². The Morgan fingerprint density at radius 2 is 1.94 bits per heavy atom. The molecule has 1 saturated heterocycles. The van der Waals surface area contributed by atoms with Crippen molar-refractivity contribution >= 4 is 5.91 Å². The van der Waals surface area contributed by atoms with Crippen molar-refractivity contribution in [1.82, 2.24) is 4.90 Å². The highest BCUT2D eigenvalue weighted by atomic mass is 16.2. The van der Waals surface area contributed by atoms with Crippen molar-refractivity contribution in [2.24, 2.45) is 17.6 Å². The maximum atomic E-state index is 12.3. The van der Waals surface area contributed by atoms with Crippen molar-refractivity contribution in [2.45, 2.75) is 57.9 Å². The van der Waals surface area contributed by atoms with E-state index in [1.54, 1.807) is 0 Å². The predicted octanol–water partition coefficient (Wildman–Crippen LogP) is 2.15. The fraction of sp³-hybridized carbons (Fsp3) is 0.929. The molecule has 2 N–H and O–H groups in total. The number of carbonyl (C=O) groups excluding carboxylic acids is 1. The molecule has 0 aromatic carbocycles. The molecule has 2 fully saturated rings. The van der Waals surface area contributed by atoms with Crippen molar-refractivity contribution in [3.63, 3.8) is 0 Å². The standard InChI is InChI=1S/C14H26N2O/c1-11-5-4-8-16(13(11)10-15)14(17)9-12-6-2-3-7-12/h11-13H,2-10,15H2,1H3/t11-,13+/m1/s1. The normalized spacial score (nSPS) is 30.8. The first kappa shape index (κ1) is 12.9. The molecule has 1 heterocycles. The molecular formula is C14H26N2O. The number of carbonyl (C=O) groups is 1. The highest BCUT2D eigenvalue weighted by molar-refractivity contribution is 5.77. The number of likely N-dealkylation sites (tertiary alicyclic amines) is 1. The minimum Gasteiger partial charge on any atom is -0.338 e. The molecule has 1 aliphatic heterocycles. The second-order valence-corrected chi connectivity index (χ2v) is 5.86. The van der Waals surface area contributed by atoms with Crippen LogP contribution in [0.5, 0.6) is 0 Å². The van der Waals surface area contributed by atoms with Crippen LogP contribution in [-0.4, -0.2) is 29.9 Å². The fourth-order valence-electron chi connectivity index (χ4n) is 3.50. The number of rotatable bonds is 3. The van der Waals surface area contributed by atoms with E-state index in [1.807, 2.05) is 0 Å². The molecular weight excluding hydrogens is 212 g/mol. The van der Waals surface area contributed by atoms with Gasteiger partial charge in [0.2, 0.25) is 5.91 Å². The monoisotopic (exact) mass is 238 g/mol. The summed E-state index contributed by atoms with van der Waals surface area (Å²) >= 11 is 0. The van der Waals surface area contributed by atoms with Crippen molar-refractivity contribution in [3.8, 4) is 0 Å². The Hall–Kier alpha value is -0.570. The minimum atomic E-state index is 0.289. The maximum absolute atomic E-state index is 12.3. The van der Waals surface area contributed by atoms with Gasteiger partial charge in [-0.05, 0) is 37.5 Å². The summed E-state index contributed by atoms with van der Waals surface area (Å²) in [6.45, 7) is 3.78. The van der Waals surface area contributed by atoms with Gasteiger partial charge < -0.3 is 10.6 Å². The van der Waals surface area contributed by atoms with Crippen molar-refractivity contribution in [1.29, 1.82) is 0 Å². The first-order chi connectivity index (χ1) is 8.22. The van der Waals surface area contributed by atoms with E-state index in [9.17, 15) is 4.79 Å². The average molecular weight is 238 g/mol. The molecule has 98 valence electrons. The quantitative estimate of drug-likeness (QED) is 0.819. The summed E-state index contributed by atoms with van der Waals surface area (Å²) in [5.41, 5.74) is 5.84. The van der Waals surface area contributed by atoms with E-state index in [4.69, 9.17) is 5.73 Å². The molecule has 3 nitrogen and oxygen atoms in total. The lowest BCUT2D eigenvalue weighted by Crippen LogP contribution is -2.51. The van der Waals surface area contributed by atoms with Crippen LogP contribution in [0.25, 0.3) is 0 Å². The van der Waals surface area contributed by atoms with Gasteiger partial charge in [-0.15, -0.1) is 0 Å². The number of nitrogens with two attached hydrogens (primary N) is 1. The maximum Gasteiger partial charge on any atom is 0.223 e. The lowest BCUT2D eigenvalue weighted by Gasteiger charge is -2.40. The molecule has 0 aromatic heterocycles. The summed E-state index contributed by atoms with van der Waals surface area (Å²) in [6.07, 6.45) is 8.26. The molecule has 0 radical (unpaired) electrons. The Bertz CT molecular complexity index is 261. The van der Waals surface area contributed by atoms with E-state index in [-0.39, 0.29) is 6.04 Å². The van der Waals surface area contributed by atoms with Gasteiger partial charge in [0.25, 0.3) is 0 Å². The molecule has 0 unspecified atom stereocenters. The first-order valence-corrected chi connectivity index (χ1v) is 7.22. The molecule has 2 atom stereocenters. The van der Waals surface area contributed by atoms with Gasteiger partial charge in [-0.3, -0.25) is 4.79 Å². The Morgan fingerprint density at radius 3 is 2.59 bits per heavy atom. The van der Waals surface area contributed by atoms with Gasteiger partial charge in [0.05, 0.1) is 0 Å². The third kappa shape index (κ3) is 3.01. The van der Waals surface area contributed by atoms with E-state index in [0.29, 0.717) is 24.3 Å². The molecule has 17 heavy (non-hydrogen) atoms. The molecule has 0 bridgehead atoms. The van der Waals surface area contributed by atoms with E-state index >= 15 is 0 Å². The van der Waals surface area contributed by atoms with Crippen LogP contribution in [0.3, 0.4) is 0 Å². The van der Waals surface area contributed by atoms with E-state index < -0.39 is 0 Å². The number of amides is 1. The number of hydrogen-bond acceptors (Lipinski definition) is 2. The summed E-state index contributed by atoms with van der Waals surface area (Å²) in [5.74, 6) is 1.58. The van der Waals surface area contributed by atoms with Crippen LogP contribution in [-0.2, 0) is 4.79 Å². The predicted molar refractivity (Wildman–Crippen MR) is 69.5 cm³/mol. The summed E-state index contributed by atoms with van der Waals surface area (Å²) in [4.78, 5) is 14.4. The molecule has 3 heteroatoms. The molecule has 0 spiro atoms. The van der Waals surface area contributed by atoms with E-state index in [2.05, 4.69) is 11.8 Å². The number of nitrogens with zero attached hydrogens (tertiary/aromatic N) is 1. The SMILES string of the molecule is C[C@@H]1CCCN(C(=O)CC2CCCC2)[C@H]1CN. The van der Waals surface area contributed by atoms with Crippen molar-refractivity contribution < 1.29 is 4.79 Å². The van der Waals surface area contributed by atoms with Gasteiger partial charge in [0.15, 0.2) is 0 Å². The van der Waals surface area contributed by atoms with Gasteiger partial charge >= 0.3 is 0 Å². The van der Waals surface area contributed by atoms with Crippen LogP contribution in [0.2, 0.25) is 0 Å². The van der Waals surface area contributed by atoms with Crippen LogP contribution in [0.1, 0.15) is 51.9 Å². The molecule has 1 amide bonds. The lowest BCUT2D eigenvalue weighted by atomic mass is 9.90. The van der Waals surface area contributed by atoms with Gasteiger partial charge in [0, 0.05) is 25.6 Å². The Balaban J connectivity index is 1.91. The van der Waals surface area contributed by atoms with Gasteiger partial charge in [-0.2, -0.15) is 0 Å². The van der Waals surface area contributed by atoms with Crippen LogP contribution < -0.4 is 5.73 Å². The third-order valence-corrected chi connectivity index (χ3v) is 4.62. The van der Waals surface area contributed by atoms with Crippen molar-refractivity contribution in [2.75, 3.05) is 13.1 Å². The van der Waals surface area contributed by atoms with Crippen LogP contribution in [0.4, 0.5) is 0 Å². The fourth-order valence-corrected chi connectivity index (χ4v) is 3.50. The summed E-state index contributed by atoms with van der Waals surface area (Å²) in [6, 6.07) is 0.289. The Morgan fingerprint density at radius 1 is 1.24 bits per heavy atom. The first-order valence-electron chi connectivity index (χ1n) is 7.22. The second kappa shape index (κ2) is 5.85. The number of piperidine rings is 1. The van der Waals surface area contributed by atoms with Gasteiger partial charge in [0.1, 0.15) is 0 Å². The zero-order valence-corrected chi connectivity index (χ0v) is 11.0. The summed E-state index contributed by atoms with van der Waals surface area (Å²) in [7, 11) is 0. The topological polar surface area (TPSA) is 46.3 Å². The molecule has 1 saturated carbocycles. The zero-order valence-electron chi connectivity index (χ0n) is 11.0. The molecule has 0 aromatic rings. The van der Waals surface area contributed by atoms with Gasteiger partial charge in [-0.1, -0.05) is 19.8 Å². The van der Waals surface area contributed by atoms with E-state index in [1.165, 1.54) is 32.1 Å². The highest BCUT2D eigenvalue weighted by Gasteiger charge is 2.31. The third-order valence-electron chi connectivity index (χ3n) is 4.62. The Kier molecular flexibility index (Phi) is 4.43. The second-order valence-electron chi connectivity index (χ2n) is 5.86. The number of hydrogen-bond donors (Lipinski definition) is 1. The van der Waals surface area contributed by atoms with E-state index in [0.717, 1.165) is 19.4 Å². The van der Waals surface area contributed by atoms with Crippen molar-refractivity contribution in [3.05, 3.63) is 0 Å². The molecule has 2 aliphatic rings. The summed E-state index contributed by atoms with van der Waals surface area (Å²) < 4.78 is 0. The van der Waals surface area contributed by atoms with Crippen LogP contribution >= 0.6 is 0 Å². The highest BCUT2D eigenvalue weighted by Crippen LogP contribution is 2.30.